The maximum absolute atomic E-state index is 4.47. The van der Waals surface area contributed by atoms with E-state index in [0.29, 0.717) is 12.1 Å². The van der Waals surface area contributed by atoms with E-state index in [1.807, 2.05) is 13.0 Å². The summed E-state index contributed by atoms with van der Waals surface area (Å²) in [6.45, 7) is 8.40. The van der Waals surface area contributed by atoms with Crippen molar-refractivity contribution in [2.45, 2.75) is 52.1 Å². The molecule has 0 aliphatic carbocycles. The van der Waals surface area contributed by atoms with E-state index in [9.17, 15) is 0 Å². The quantitative estimate of drug-likeness (QED) is 0.760. The first-order valence-electron chi connectivity index (χ1n) is 7.27. The van der Waals surface area contributed by atoms with E-state index in [-0.39, 0.29) is 0 Å². The Kier molecular flexibility index (Phi) is 4.96. The van der Waals surface area contributed by atoms with E-state index in [0.717, 1.165) is 37.0 Å². The maximum atomic E-state index is 4.47. The topological polar surface area (TPSA) is 61.9 Å². The highest BCUT2D eigenvalue weighted by Crippen LogP contribution is 2.15. The van der Waals surface area contributed by atoms with Crippen LogP contribution in [0, 0.1) is 6.92 Å². The van der Waals surface area contributed by atoms with Crippen LogP contribution in [0.2, 0.25) is 0 Å². The fraction of sp³-hybridized carbons (Fsp3) is 0.714. The fourth-order valence-electron chi connectivity index (χ4n) is 2.25. The second-order valence-electron chi connectivity index (χ2n) is 5.33. The van der Waals surface area contributed by atoms with Gasteiger partial charge >= 0.3 is 0 Å². The molecule has 0 spiro atoms. The Morgan fingerprint density at radius 2 is 2.21 bits per heavy atom. The number of hydrogen-bond donors (Lipinski definition) is 3. The first-order chi connectivity index (χ1) is 9.17. The average Bonchev–Trinajstić information content (AvgIpc) is 2.39. The van der Waals surface area contributed by atoms with Crippen LogP contribution in [-0.4, -0.2) is 35.1 Å². The van der Waals surface area contributed by atoms with Crippen LogP contribution in [0.3, 0.4) is 0 Å². The van der Waals surface area contributed by atoms with Crippen LogP contribution in [0.5, 0.6) is 0 Å². The predicted octanol–water partition coefficient (Wildman–Crippen LogP) is 2.16. The molecule has 1 aliphatic heterocycles. The molecule has 2 rings (SSSR count). The normalized spacial score (nSPS) is 20.9. The van der Waals surface area contributed by atoms with Crippen LogP contribution in [0.15, 0.2) is 6.07 Å². The molecule has 19 heavy (non-hydrogen) atoms. The maximum Gasteiger partial charge on any atom is 0.132 e. The minimum Gasteiger partial charge on any atom is -0.367 e. The summed E-state index contributed by atoms with van der Waals surface area (Å²) < 4.78 is 0. The molecule has 1 saturated heterocycles. The van der Waals surface area contributed by atoms with Gasteiger partial charge in [0.05, 0.1) is 0 Å². The molecule has 5 nitrogen and oxygen atoms in total. The van der Waals surface area contributed by atoms with Crippen LogP contribution in [-0.2, 0) is 0 Å². The summed E-state index contributed by atoms with van der Waals surface area (Å²) in [6, 6.07) is 2.91. The average molecular weight is 263 g/mol. The van der Waals surface area contributed by atoms with E-state index in [2.05, 4.69) is 39.8 Å². The molecule has 0 aromatic carbocycles. The van der Waals surface area contributed by atoms with Crippen molar-refractivity contribution in [3.05, 3.63) is 11.9 Å². The van der Waals surface area contributed by atoms with Gasteiger partial charge in [-0.3, -0.25) is 0 Å². The van der Waals surface area contributed by atoms with E-state index in [1.165, 1.54) is 12.8 Å². The lowest BCUT2D eigenvalue weighted by atomic mass is 10.1. The summed E-state index contributed by atoms with van der Waals surface area (Å²) >= 11 is 0. The summed E-state index contributed by atoms with van der Waals surface area (Å²) in [5, 5.41) is 10.3. The minimum atomic E-state index is 0.429. The summed E-state index contributed by atoms with van der Waals surface area (Å²) in [4.78, 5) is 8.91. The van der Waals surface area contributed by atoms with Gasteiger partial charge < -0.3 is 16.0 Å². The molecule has 3 N–H and O–H groups in total. The second kappa shape index (κ2) is 6.70. The second-order valence-corrected chi connectivity index (χ2v) is 5.33. The third kappa shape index (κ3) is 4.35. The molecule has 1 aliphatic rings. The Bertz CT molecular complexity index is 401. The Balaban J connectivity index is 2.03. The third-order valence-corrected chi connectivity index (χ3v) is 3.49. The van der Waals surface area contributed by atoms with Gasteiger partial charge in [0.25, 0.3) is 0 Å². The van der Waals surface area contributed by atoms with Crippen LogP contribution in [0.1, 0.15) is 38.9 Å². The molecular formula is C14H25N5. The minimum absolute atomic E-state index is 0.429. The van der Waals surface area contributed by atoms with Crippen molar-refractivity contribution in [2.75, 3.05) is 23.7 Å². The van der Waals surface area contributed by atoms with Gasteiger partial charge in [-0.15, -0.1) is 0 Å². The molecule has 106 valence electrons. The standard InChI is InChI=1S/C14H25N5/c1-4-10(2)16-13-8-14(18-11(3)17-13)19-12-6-5-7-15-9-12/h8,10,12,15H,4-7,9H2,1-3H3,(H2,16,17,18,19). The zero-order valence-electron chi connectivity index (χ0n) is 12.2. The number of aryl methyl sites for hydroxylation is 1. The molecule has 1 fully saturated rings. The monoisotopic (exact) mass is 263 g/mol. The Morgan fingerprint density at radius 3 is 2.89 bits per heavy atom. The highest BCUT2D eigenvalue weighted by Gasteiger charge is 2.13. The van der Waals surface area contributed by atoms with Gasteiger partial charge in [-0.05, 0) is 39.7 Å². The Hall–Kier alpha value is -1.36. The van der Waals surface area contributed by atoms with Crippen LogP contribution in [0.25, 0.3) is 0 Å². The molecule has 1 aromatic rings. The molecule has 0 radical (unpaired) electrons. The van der Waals surface area contributed by atoms with Gasteiger partial charge in [0, 0.05) is 24.7 Å². The highest BCUT2D eigenvalue weighted by molar-refractivity contribution is 5.48. The molecule has 2 unspecified atom stereocenters. The summed E-state index contributed by atoms with van der Waals surface area (Å²) in [5.41, 5.74) is 0. The van der Waals surface area contributed by atoms with Gasteiger partial charge in [-0.25, -0.2) is 9.97 Å². The van der Waals surface area contributed by atoms with Crippen molar-refractivity contribution in [3.8, 4) is 0 Å². The molecule has 5 heteroatoms. The lowest BCUT2D eigenvalue weighted by molar-refractivity contribution is 0.479. The summed E-state index contributed by atoms with van der Waals surface area (Å²) in [7, 11) is 0. The molecule has 1 aromatic heterocycles. The van der Waals surface area contributed by atoms with Crippen molar-refractivity contribution >= 4 is 11.6 Å². The molecule has 0 bridgehead atoms. The number of nitrogens with zero attached hydrogens (tertiary/aromatic N) is 2. The molecular weight excluding hydrogens is 238 g/mol. The zero-order chi connectivity index (χ0) is 13.7. The van der Waals surface area contributed by atoms with Crippen molar-refractivity contribution in [2.24, 2.45) is 0 Å². The third-order valence-electron chi connectivity index (χ3n) is 3.49. The molecule has 2 heterocycles. The highest BCUT2D eigenvalue weighted by atomic mass is 15.1. The predicted molar refractivity (Wildman–Crippen MR) is 79.7 cm³/mol. The zero-order valence-corrected chi connectivity index (χ0v) is 12.2. The van der Waals surface area contributed by atoms with Crippen molar-refractivity contribution < 1.29 is 0 Å². The number of rotatable bonds is 5. The SMILES string of the molecule is CCC(C)Nc1cc(NC2CCCNC2)nc(C)n1. The lowest BCUT2D eigenvalue weighted by Crippen LogP contribution is -2.38. The van der Waals surface area contributed by atoms with Crippen LogP contribution >= 0.6 is 0 Å². The fourth-order valence-corrected chi connectivity index (χ4v) is 2.25. The van der Waals surface area contributed by atoms with Crippen LogP contribution < -0.4 is 16.0 Å². The first-order valence-corrected chi connectivity index (χ1v) is 7.27. The van der Waals surface area contributed by atoms with Gasteiger partial charge in [0.15, 0.2) is 0 Å². The number of piperidine rings is 1. The smallest absolute Gasteiger partial charge is 0.132 e. The number of hydrogen-bond acceptors (Lipinski definition) is 5. The van der Waals surface area contributed by atoms with E-state index in [4.69, 9.17) is 0 Å². The van der Waals surface area contributed by atoms with Crippen LogP contribution in [0.4, 0.5) is 11.6 Å². The first kappa shape index (κ1) is 14.1. The van der Waals surface area contributed by atoms with Gasteiger partial charge in [0.2, 0.25) is 0 Å². The van der Waals surface area contributed by atoms with E-state index >= 15 is 0 Å². The van der Waals surface area contributed by atoms with Crippen molar-refractivity contribution in [1.29, 1.82) is 0 Å². The summed E-state index contributed by atoms with van der Waals surface area (Å²) in [6.07, 6.45) is 3.50. The number of aromatic nitrogens is 2. The van der Waals surface area contributed by atoms with Gasteiger partial charge in [0.1, 0.15) is 17.5 Å². The summed E-state index contributed by atoms with van der Waals surface area (Å²) in [5.74, 6) is 2.64. The van der Waals surface area contributed by atoms with Crippen molar-refractivity contribution in [3.63, 3.8) is 0 Å². The van der Waals surface area contributed by atoms with Crippen molar-refractivity contribution in [1.82, 2.24) is 15.3 Å². The molecule has 2 atom stereocenters. The lowest BCUT2D eigenvalue weighted by Gasteiger charge is -2.24. The molecule has 0 amide bonds. The van der Waals surface area contributed by atoms with Gasteiger partial charge in [-0.1, -0.05) is 6.92 Å². The Labute approximate surface area is 115 Å². The number of anilines is 2. The number of nitrogens with one attached hydrogen (secondary N) is 3. The van der Waals surface area contributed by atoms with E-state index in [1.54, 1.807) is 0 Å². The molecule has 0 saturated carbocycles. The Morgan fingerprint density at radius 1 is 1.42 bits per heavy atom. The largest absolute Gasteiger partial charge is 0.367 e. The van der Waals surface area contributed by atoms with Gasteiger partial charge in [-0.2, -0.15) is 0 Å². The van der Waals surface area contributed by atoms with E-state index < -0.39 is 0 Å².